The van der Waals surface area contributed by atoms with Gasteiger partial charge in [0.25, 0.3) is 0 Å². The molecule has 0 aromatic carbocycles. The zero-order valence-electron chi connectivity index (χ0n) is 12.0. The second kappa shape index (κ2) is 5.06. The van der Waals surface area contributed by atoms with Crippen LogP contribution in [0.3, 0.4) is 0 Å². The number of nitrogens with zero attached hydrogens (tertiary/aromatic N) is 2. The van der Waals surface area contributed by atoms with Crippen LogP contribution in [0.25, 0.3) is 0 Å². The molecule has 4 heteroatoms. The second-order valence-corrected chi connectivity index (χ2v) is 7.33. The minimum absolute atomic E-state index is 0.391. The van der Waals surface area contributed by atoms with Crippen molar-refractivity contribution in [2.24, 2.45) is 5.41 Å². The fourth-order valence-electron chi connectivity index (χ4n) is 3.71. The maximum atomic E-state index is 9.74. The average Bonchev–Trinajstić information content (AvgIpc) is 2.98. The molecule has 106 valence electrons. The lowest BCUT2D eigenvalue weighted by molar-refractivity contribution is 0.202. The van der Waals surface area contributed by atoms with Crippen molar-refractivity contribution in [3.05, 3.63) is 10.6 Å². The molecule has 1 saturated carbocycles. The minimum atomic E-state index is -0.391. The number of rotatable bonds is 2. The third-order valence-corrected chi connectivity index (χ3v) is 6.35. The molecule has 2 fully saturated rings. The van der Waals surface area contributed by atoms with E-state index in [1.54, 1.807) is 11.3 Å². The summed E-state index contributed by atoms with van der Waals surface area (Å²) in [5.41, 5.74) is 1.66. The molecule has 3 rings (SSSR count). The molecule has 0 amide bonds. The molecular formula is C15H24N2OS. The first kappa shape index (κ1) is 13.4. The molecule has 3 nitrogen and oxygen atoms in total. The fraction of sp³-hybridized carbons (Fsp3) is 0.800. The molecular weight excluding hydrogens is 256 g/mol. The molecule has 1 aliphatic heterocycles. The van der Waals surface area contributed by atoms with Crippen LogP contribution in [0.1, 0.15) is 62.1 Å². The van der Waals surface area contributed by atoms with Crippen molar-refractivity contribution in [2.75, 3.05) is 18.0 Å². The van der Waals surface area contributed by atoms with Crippen LogP contribution in [0.5, 0.6) is 0 Å². The van der Waals surface area contributed by atoms with Crippen LogP contribution >= 0.6 is 11.3 Å². The molecule has 1 unspecified atom stereocenters. The number of aromatic nitrogens is 1. The van der Waals surface area contributed by atoms with E-state index in [-0.39, 0.29) is 0 Å². The Morgan fingerprint density at radius 3 is 2.37 bits per heavy atom. The van der Waals surface area contributed by atoms with Crippen LogP contribution in [0.4, 0.5) is 5.13 Å². The van der Waals surface area contributed by atoms with E-state index in [1.807, 2.05) is 13.8 Å². The monoisotopic (exact) mass is 280 g/mol. The summed E-state index contributed by atoms with van der Waals surface area (Å²) in [5.74, 6) is 0. The number of aliphatic hydroxyl groups excluding tert-OH is 1. The van der Waals surface area contributed by atoms with Gasteiger partial charge >= 0.3 is 0 Å². The highest BCUT2D eigenvalue weighted by Crippen LogP contribution is 2.47. The predicted octanol–water partition coefficient (Wildman–Crippen LogP) is 3.67. The standard InChI is InChI=1S/C15H24N2OS/c1-11-13(12(2)18)19-14(16-11)17-9-7-15(8-10-17)5-3-4-6-15/h12,18H,3-10H2,1-2H3. The van der Waals surface area contributed by atoms with Gasteiger partial charge in [0.05, 0.1) is 16.7 Å². The summed E-state index contributed by atoms with van der Waals surface area (Å²) in [4.78, 5) is 8.10. The number of thiazole rings is 1. The molecule has 1 N–H and O–H groups in total. The van der Waals surface area contributed by atoms with E-state index in [0.29, 0.717) is 5.41 Å². The van der Waals surface area contributed by atoms with Crippen LogP contribution in [0.2, 0.25) is 0 Å². The van der Waals surface area contributed by atoms with Gasteiger partial charge in [-0.2, -0.15) is 0 Å². The van der Waals surface area contributed by atoms with Crippen molar-refractivity contribution >= 4 is 16.5 Å². The second-order valence-electron chi connectivity index (χ2n) is 6.32. The lowest BCUT2D eigenvalue weighted by Gasteiger charge is -2.39. The zero-order valence-corrected chi connectivity index (χ0v) is 12.8. The van der Waals surface area contributed by atoms with Crippen LogP contribution in [-0.4, -0.2) is 23.2 Å². The summed E-state index contributed by atoms with van der Waals surface area (Å²) >= 11 is 1.67. The van der Waals surface area contributed by atoms with E-state index in [9.17, 15) is 5.11 Å². The highest BCUT2D eigenvalue weighted by Gasteiger charge is 2.37. The van der Waals surface area contributed by atoms with E-state index in [0.717, 1.165) is 28.8 Å². The molecule has 2 aliphatic rings. The summed E-state index contributed by atoms with van der Waals surface area (Å²) < 4.78 is 0. The first-order chi connectivity index (χ1) is 9.10. The predicted molar refractivity (Wildman–Crippen MR) is 79.8 cm³/mol. The first-order valence-electron chi connectivity index (χ1n) is 7.50. The normalized spacial score (nSPS) is 24.1. The summed E-state index contributed by atoms with van der Waals surface area (Å²) in [6.07, 6.45) is 8.01. The summed E-state index contributed by atoms with van der Waals surface area (Å²) in [5, 5.41) is 10.8. The number of aliphatic hydroxyl groups is 1. The zero-order chi connectivity index (χ0) is 13.5. The first-order valence-corrected chi connectivity index (χ1v) is 8.32. The Morgan fingerprint density at radius 2 is 1.84 bits per heavy atom. The van der Waals surface area contributed by atoms with Gasteiger partial charge in [-0.3, -0.25) is 0 Å². The molecule has 1 saturated heterocycles. The Kier molecular flexibility index (Phi) is 3.56. The van der Waals surface area contributed by atoms with E-state index in [4.69, 9.17) is 0 Å². The number of hydrogen-bond donors (Lipinski definition) is 1. The van der Waals surface area contributed by atoms with Crippen LogP contribution < -0.4 is 4.90 Å². The van der Waals surface area contributed by atoms with Crippen molar-refractivity contribution in [3.8, 4) is 0 Å². The lowest BCUT2D eigenvalue weighted by atomic mass is 9.77. The van der Waals surface area contributed by atoms with Crippen molar-refractivity contribution in [1.82, 2.24) is 4.98 Å². The summed E-state index contributed by atoms with van der Waals surface area (Å²) in [6.45, 7) is 6.12. The third kappa shape index (κ3) is 2.52. The fourth-order valence-corrected chi connectivity index (χ4v) is 4.77. The quantitative estimate of drug-likeness (QED) is 0.898. The van der Waals surface area contributed by atoms with E-state index in [1.165, 1.54) is 38.5 Å². The minimum Gasteiger partial charge on any atom is -0.388 e. The largest absolute Gasteiger partial charge is 0.388 e. The van der Waals surface area contributed by atoms with Gasteiger partial charge in [0.15, 0.2) is 5.13 Å². The van der Waals surface area contributed by atoms with E-state index in [2.05, 4.69) is 9.88 Å². The Bertz CT molecular complexity index is 439. The van der Waals surface area contributed by atoms with Gasteiger partial charge in [-0.1, -0.05) is 24.2 Å². The van der Waals surface area contributed by atoms with Crippen molar-refractivity contribution in [3.63, 3.8) is 0 Å². The Hall–Kier alpha value is -0.610. The van der Waals surface area contributed by atoms with Crippen LogP contribution in [-0.2, 0) is 0 Å². The maximum Gasteiger partial charge on any atom is 0.185 e. The SMILES string of the molecule is Cc1nc(N2CCC3(CCCC3)CC2)sc1C(C)O. The van der Waals surface area contributed by atoms with Gasteiger partial charge in [0.2, 0.25) is 0 Å². The van der Waals surface area contributed by atoms with Gasteiger partial charge in [0, 0.05) is 13.1 Å². The van der Waals surface area contributed by atoms with Gasteiger partial charge in [0.1, 0.15) is 0 Å². The highest BCUT2D eigenvalue weighted by atomic mass is 32.1. The molecule has 1 spiro atoms. The molecule has 0 bridgehead atoms. The molecule has 1 atom stereocenters. The van der Waals surface area contributed by atoms with Gasteiger partial charge in [-0.25, -0.2) is 4.98 Å². The smallest absolute Gasteiger partial charge is 0.185 e. The molecule has 0 radical (unpaired) electrons. The topological polar surface area (TPSA) is 36.4 Å². The Morgan fingerprint density at radius 1 is 1.21 bits per heavy atom. The molecule has 19 heavy (non-hydrogen) atoms. The third-order valence-electron chi connectivity index (χ3n) is 4.96. The van der Waals surface area contributed by atoms with Crippen LogP contribution in [0.15, 0.2) is 0 Å². The molecule has 2 heterocycles. The van der Waals surface area contributed by atoms with Crippen molar-refractivity contribution in [2.45, 2.75) is 58.5 Å². The summed E-state index contributed by atoms with van der Waals surface area (Å²) in [7, 11) is 0. The van der Waals surface area contributed by atoms with E-state index >= 15 is 0 Å². The van der Waals surface area contributed by atoms with Gasteiger partial charge in [-0.05, 0) is 44.9 Å². The van der Waals surface area contributed by atoms with Crippen LogP contribution in [0, 0.1) is 12.3 Å². The molecule has 1 aromatic heterocycles. The molecule has 1 aliphatic carbocycles. The number of aryl methyl sites for hydroxylation is 1. The van der Waals surface area contributed by atoms with Gasteiger partial charge in [-0.15, -0.1) is 0 Å². The highest BCUT2D eigenvalue weighted by molar-refractivity contribution is 7.15. The number of anilines is 1. The average molecular weight is 280 g/mol. The van der Waals surface area contributed by atoms with E-state index < -0.39 is 6.10 Å². The van der Waals surface area contributed by atoms with Crippen molar-refractivity contribution in [1.29, 1.82) is 0 Å². The Balaban J connectivity index is 1.69. The maximum absolute atomic E-state index is 9.74. The number of hydrogen-bond acceptors (Lipinski definition) is 4. The van der Waals surface area contributed by atoms with Gasteiger partial charge < -0.3 is 10.0 Å². The Labute approximate surface area is 119 Å². The van der Waals surface area contributed by atoms with Crippen molar-refractivity contribution < 1.29 is 5.11 Å². The molecule has 1 aromatic rings. The number of piperidine rings is 1. The summed E-state index contributed by atoms with van der Waals surface area (Å²) in [6, 6.07) is 0. The lowest BCUT2D eigenvalue weighted by Crippen LogP contribution is -2.38.